The average molecular weight is 386 g/mol. The number of benzene rings is 3. The van der Waals surface area contributed by atoms with Gasteiger partial charge in [-0.05, 0) is 41.5 Å². The van der Waals surface area contributed by atoms with E-state index in [0.29, 0.717) is 22.2 Å². The quantitative estimate of drug-likeness (QED) is 0.637. The monoisotopic (exact) mass is 385 g/mol. The molecule has 3 aromatic carbocycles. The summed E-state index contributed by atoms with van der Waals surface area (Å²) in [5.74, 6) is -0.851. The first-order valence-corrected chi connectivity index (χ1v) is 8.85. The van der Waals surface area contributed by atoms with Gasteiger partial charge in [0.05, 0.1) is 5.92 Å². The standard InChI is InChI=1S/C21H17Cl2NO2/c22-16-8-6-14(7-9-16)13-24-21(26)20(15-4-2-1-3-5-15)18-12-17(23)10-11-19(18)25/h1-12,20,25H,13H2,(H,24,26)/t20-/m0/s1. The molecular formula is C21H17Cl2NO2. The normalized spacial score (nSPS) is 11.8. The smallest absolute Gasteiger partial charge is 0.232 e. The summed E-state index contributed by atoms with van der Waals surface area (Å²) >= 11 is 12.0. The van der Waals surface area contributed by atoms with E-state index in [2.05, 4.69) is 5.32 Å². The zero-order valence-corrected chi connectivity index (χ0v) is 15.3. The van der Waals surface area contributed by atoms with Gasteiger partial charge in [0.1, 0.15) is 5.75 Å². The van der Waals surface area contributed by atoms with Crippen molar-refractivity contribution in [3.8, 4) is 5.75 Å². The first-order valence-electron chi connectivity index (χ1n) is 8.10. The minimum Gasteiger partial charge on any atom is -0.508 e. The van der Waals surface area contributed by atoms with Crippen LogP contribution in [0.5, 0.6) is 5.75 Å². The van der Waals surface area contributed by atoms with Crippen molar-refractivity contribution in [3.05, 3.63) is 99.5 Å². The van der Waals surface area contributed by atoms with Gasteiger partial charge in [-0.2, -0.15) is 0 Å². The molecule has 3 rings (SSSR count). The topological polar surface area (TPSA) is 49.3 Å². The summed E-state index contributed by atoms with van der Waals surface area (Å²) in [4.78, 5) is 13.0. The summed E-state index contributed by atoms with van der Waals surface area (Å²) in [6, 6.07) is 21.3. The predicted octanol–water partition coefficient (Wildman–Crippen LogP) is 5.15. The second kappa shape index (κ2) is 8.26. The maximum atomic E-state index is 13.0. The highest BCUT2D eigenvalue weighted by molar-refractivity contribution is 6.31. The predicted molar refractivity (Wildman–Crippen MR) is 105 cm³/mol. The van der Waals surface area contributed by atoms with Crippen LogP contribution in [0.3, 0.4) is 0 Å². The Labute approximate surface area is 162 Å². The van der Waals surface area contributed by atoms with E-state index in [1.165, 1.54) is 6.07 Å². The molecular weight excluding hydrogens is 369 g/mol. The summed E-state index contributed by atoms with van der Waals surface area (Å²) in [6.45, 7) is 0.362. The van der Waals surface area contributed by atoms with Crippen LogP contribution < -0.4 is 5.32 Å². The first-order chi connectivity index (χ1) is 12.5. The van der Waals surface area contributed by atoms with Gasteiger partial charge in [0.15, 0.2) is 0 Å². The van der Waals surface area contributed by atoms with Crippen LogP contribution >= 0.6 is 23.2 Å². The third kappa shape index (κ3) is 4.37. The van der Waals surface area contributed by atoms with Crippen LogP contribution in [0.15, 0.2) is 72.8 Å². The van der Waals surface area contributed by atoms with Crippen LogP contribution in [-0.2, 0) is 11.3 Å². The number of aromatic hydroxyl groups is 1. The molecule has 5 heteroatoms. The fourth-order valence-electron chi connectivity index (χ4n) is 2.77. The molecule has 0 fully saturated rings. The molecule has 132 valence electrons. The molecule has 0 saturated heterocycles. The van der Waals surface area contributed by atoms with Crippen molar-refractivity contribution in [2.24, 2.45) is 0 Å². The van der Waals surface area contributed by atoms with Gasteiger partial charge < -0.3 is 10.4 Å². The summed E-state index contributed by atoms with van der Waals surface area (Å²) in [5.41, 5.74) is 2.18. The number of carbonyl (C=O) groups is 1. The Bertz CT molecular complexity index is 896. The van der Waals surface area contributed by atoms with Crippen molar-refractivity contribution >= 4 is 29.1 Å². The lowest BCUT2D eigenvalue weighted by atomic mass is 9.89. The van der Waals surface area contributed by atoms with E-state index in [4.69, 9.17) is 23.2 Å². The molecule has 2 N–H and O–H groups in total. The van der Waals surface area contributed by atoms with E-state index >= 15 is 0 Å². The summed E-state index contributed by atoms with van der Waals surface area (Å²) in [5, 5.41) is 14.3. The van der Waals surface area contributed by atoms with Gasteiger partial charge in [-0.15, -0.1) is 0 Å². The molecule has 1 amide bonds. The number of nitrogens with one attached hydrogen (secondary N) is 1. The number of carbonyl (C=O) groups excluding carboxylic acids is 1. The first kappa shape index (κ1) is 18.3. The minimum atomic E-state index is -0.665. The average Bonchev–Trinajstić information content (AvgIpc) is 2.65. The van der Waals surface area contributed by atoms with Crippen molar-refractivity contribution in [2.45, 2.75) is 12.5 Å². The van der Waals surface area contributed by atoms with Gasteiger partial charge in [0, 0.05) is 22.2 Å². The largest absolute Gasteiger partial charge is 0.508 e. The molecule has 0 unspecified atom stereocenters. The number of rotatable bonds is 5. The Morgan fingerprint density at radius 2 is 1.58 bits per heavy atom. The van der Waals surface area contributed by atoms with E-state index in [0.717, 1.165) is 11.1 Å². The Morgan fingerprint density at radius 3 is 2.27 bits per heavy atom. The fourth-order valence-corrected chi connectivity index (χ4v) is 3.07. The number of halogens is 2. The minimum absolute atomic E-state index is 0.0323. The molecule has 0 aliphatic heterocycles. The second-order valence-corrected chi connectivity index (χ2v) is 6.76. The molecule has 0 heterocycles. The number of hydrogen-bond donors (Lipinski definition) is 2. The van der Waals surface area contributed by atoms with Crippen LogP contribution in [0.4, 0.5) is 0 Å². The molecule has 3 nitrogen and oxygen atoms in total. The Kier molecular flexibility index (Phi) is 5.82. The molecule has 0 aliphatic rings. The zero-order valence-electron chi connectivity index (χ0n) is 13.8. The molecule has 0 aliphatic carbocycles. The fraction of sp³-hybridized carbons (Fsp3) is 0.0952. The van der Waals surface area contributed by atoms with Crippen molar-refractivity contribution in [1.82, 2.24) is 5.32 Å². The van der Waals surface area contributed by atoms with Crippen LogP contribution in [0, 0.1) is 0 Å². The summed E-state index contributed by atoms with van der Waals surface area (Å²) in [6.07, 6.45) is 0. The van der Waals surface area contributed by atoms with Crippen LogP contribution in [-0.4, -0.2) is 11.0 Å². The van der Waals surface area contributed by atoms with E-state index in [9.17, 15) is 9.90 Å². The third-order valence-corrected chi connectivity index (χ3v) is 4.56. The van der Waals surface area contributed by atoms with Gasteiger partial charge in [-0.3, -0.25) is 4.79 Å². The highest BCUT2D eigenvalue weighted by atomic mass is 35.5. The molecule has 0 aromatic heterocycles. The molecule has 0 saturated carbocycles. The van der Waals surface area contributed by atoms with Gasteiger partial charge >= 0.3 is 0 Å². The van der Waals surface area contributed by atoms with Gasteiger partial charge in [0.2, 0.25) is 5.91 Å². The second-order valence-electron chi connectivity index (χ2n) is 5.89. The van der Waals surface area contributed by atoms with Crippen molar-refractivity contribution < 1.29 is 9.90 Å². The SMILES string of the molecule is O=C(NCc1ccc(Cl)cc1)[C@@H](c1ccccc1)c1cc(Cl)ccc1O. The maximum absolute atomic E-state index is 13.0. The molecule has 0 radical (unpaired) electrons. The van der Waals surface area contributed by atoms with E-state index in [-0.39, 0.29) is 11.7 Å². The third-order valence-electron chi connectivity index (χ3n) is 4.08. The molecule has 26 heavy (non-hydrogen) atoms. The summed E-state index contributed by atoms with van der Waals surface area (Å²) < 4.78 is 0. The van der Waals surface area contributed by atoms with Crippen molar-refractivity contribution in [1.29, 1.82) is 0 Å². The zero-order chi connectivity index (χ0) is 18.5. The lowest BCUT2D eigenvalue weighted by molar-refractivity contribution is -0.121. The van der Waals surface area contributed by atoms with Crippen molar-refractivity contribution in [3.63, 3.8) is 0 Å². The number of hydrogen-bond acceptors (Lipinski definition) is 2. The number of phenols is 1. The highest BCUT2D eigenvalue weighted by Gasteiger charge is 2.25. The van der Waals surface area contributed by atoms with Gasteiger partial charge in [-0.25, -0.2) is 0 Å². The van der Waals surface area contributed by atoms with Gasteiger partial charge in [-0.1, -0.05) is 65.7 Å². The molecule has 0 spiro atoms. The van der Waals surface area contributed by atoms with E-state index < -0.39 is 5.92 Å². The van der Waals surface area contributed by atoms with Crippen LogP contribution in [0.25, 0.3) is 0 Å². The lowest BCUT2D eigenvalue weighted by Crippen LogP contribution is -2.29. The molecule has 3 aromatic rings. The van der Waals surface area contributed by atoms with Crippen LogP contribution in [0.2, 0.25) is 10.0 Å². The highest BCUT2D eigenvalue weighted by Crippen LogP contribution is 2.33. The lowest BCUT2D eigenvalue weighted by Gasteiger charge is -2.19. The number of phenolic OH excluding ortho intramolecular Hbond substituents is 1. The van der Waals surface area contributed by atoms with Crippen LogP contribution in [0.1, 0.15) is 22.6 Å². The maximum Gasteiger partial charge on any atom is 0.232 e. The Hall–Kier alpha value is -2.49. The Morgan fingerprint density at radius 1 is 0.923 bits per heavy atom. The van der Waals surface area contributed by atoms with Crippen molar-refractivity contribution in [2.75, 3.05) is 0 Å². The van der Waals surface area contributed by atoms with Gasteiger partial charge in [0.25, 0.3) is 0 Å². The summed E-state index contributed by atoms with van der Waals surface area (Å²) in [7, 11) is 0. The molecule has 0 bridgehead atoms. The van der Waals surface area contributed by atoms with E-state index in [1.807, 2.05) is 42.5 Å². The molecule has 1 atom stereocenters. The number of amides is 1. The Balaban J connectivity index is 1.89. The van der Waals surface area contributed by atoms with E-state index in [1.54, 1.807) is 24.3 Å².